The minimum absolute atomic E-state index is 0.222. The van der Waals surface area contributed by atoms with E-state index in [1.54, 1.807) is 12.3 Å². The predicted octanol–water partition coefficient (Wildman–Crippen LogP) is 1.58. The quantitative estimate of drug-likeness (QED) is 0.486. The first-order valence-electron chi connectivity index (χ1n) is 4.62. The lowest BCUT2D eigenvalue weighted by atomic mass is 10.3. The van der Waals surface area contributed by atoms with Gasteiger partial charge in [-0.2, -0.15) is 0 Å². The molecule has 0 fully saturated rings. The first-order valence-corrected chi connectivity index (χ1v) is 7.63. The summed E-state index contributed by atoms with van der Waals surface area (Å²) in [4.78, 5) is 4.00. The molecule has 6 heteroatoms. The molecule has 84 valence electrons. The van der Waals surface area contributed by atoms with Gasteiger partial charge in [0, 0.05) is 18.9 Å². The van der Waals surface area contributed by atoms with Crippen molar-refractivity contribution < 1.29 is 8.42 Å². The average molecular weight is 340 g/mol. The molecule has 0 aliphatic heterocycles. The fourth-order valence-electron chi connectivity index (χ4n) is 1.02. The molecule has 0 saturated carbocycles. The molecule has 0 aliphatic rings. The fourth-order valence-corrected chi connectivity index (χ4v) is 2.59. The molecule has 0 aromatic carbocycles. The van der Waals surface area contributed by atoms with Gasteiger partial charge in [0.25, 0.3) is 0 Å². The van der Waals surface area contributed by atoms with Crippen molar-refractivity contribution in [1.82, 2.24) is 9.71 Å². The molecule has 0 amide bonds. The van der Waals surface area contributed by atoms with Crippen molar-refractivity contribution in [2.45, 2.75) is 17.7 Å². The topological polar surface area (TPSA) is 59.1 Å². The van der Waals surface area contributed by atoms with Gasteiger partial charge in [0.1, 0.15) is 4.90 Å². The van der Waals surface area contributed by atoms with Crippen molar-refractivity contribution in [3.63, 3.8) is 0 Å². The minimum atomic E-state index is -3.36. The van der Waals surface area contributed by atoms with E-state index in [2.05, 4.69) is 32.3 Å². The summed E-state index contributed by atoms with van der Waals surface area (Å²) < 4.78 is 26.9. The number of rotatable bonds is 6. The smallest absolute Gasteiger partial charge is 0.242 e. The van der Waals surface area contributed by atoms with Crippen molar-refractivity contribution in [2.75, 3.05) is 11.0 Å². The third-order valence-electron chi connectivity index (χ3n) is 1.80. The second-order valence-corrected chi connectivity index (χ2v) is 5.83. The molecule has 1 N–H and O–H groups in total. The standard InChI is InChI=1S/C9H13IN2O2S/c10-5-1-2-7-12-15(13,14)9-4-3-6-11-8-9/h3-4,6,8,12H,1-2,5,7H2. The number of nitrogens with one attached hydrogen (secondary N) is 1. The number of unbranched alkanes of at least 4 members (excludes halogenated alkanes) is 1. The van der Waals surface area contributed by atoms with E-state index in [-0.39, 0.29) is 4.90 Å². The summed E-state index contributed by atoms with van der Waals surface area (Å²) >= 11 is 2.27. The van der Waals surface area contributed by atoms with Crippen molar-refractivity contribution in [1.29, 1.82) is 0 Å². The lowest BCUT2D eigenvalue weighted by molar-refractivity contribution is 0.578. The van der Waals surface area contributed by atoms with E-state index in [9.17, 15) is 8.42 Å². The van der Waals surface area contributed by atoms with Crippen LogP contribution in [0.15, 0.2) is 29.4 Å². The van der Waals surface area contributed by atoms with Crippen LogP contribution in [0.1, 0.15) is 12.8 Å². The number of sulfonamides is 1. The lowest BCUT2D eigenvalue weighted by Crippen LogP contribution is -2.24. The Bertz CT molecular complexity index is 380. The predicted molar refractivity (Wildman–Crippen MR) is 67.5 cm³/mol. The molecule has 1 heterocycles. The third kappa shape index (κ3) is 4.43. The van der Waals surface area contributed by atoms with E-state index in [0.717, 1.165) is 17.3 Å². The summed E-state index contributed by atoms with van der Waals surface area (Å²) in [5.74, 6) is 0. The average Bonchev–Trinajstić information content (AvgIpc) is 2.26. The molecule has 0 unspecified atom stereocenters. The number of hydrogen-bond acceptors (Lipinski definition) is 3. The van der Waals surface area contributed by atoms with Crippen LogP contribution in [0.5, 0.6) is 0 Å². The summed E-state index contributed by atoms with van der Waals surface area (Å²) in [5, 5.41) is 0. The molecule has 0 bridgehead atoms. The zero-order valence-corrected chi connectivity index (χ0v) is 11.2. The van der Waals surface area contributed by atoms with Gasteiger partial charge in [-0.05, 0) is 29.4 Å². The highest BCUT2D eigenvalue weighted by Gasteiger charge is 2.12. The molecule has 4 nitrogen and oxygen atoms in total. The van der Waals surface area contributed by atoms with E-state index < -0.39 is 10.0 Å². The largest absolute Gasteiger partial charge is 0.263 e. The number of hydrogen-bond donors (Lipinski definition) is 1. The maximum atomic E-state index is 11.6. The molecule has 0 spiro atoms. The number of nitrogens with zero attached hydrogens (tertiary/aromatic N) is 1. The highest BCUT2D eigenvalue weighted by Crippen LogP contribution is 2.05. The highest BCUT2D eigenvalue weighted by molar-refractivity contribution is 14.1. The van der Waals surface area contributed by atoms with Crippen molar-refractivity contribution in [2.24, 2.45) is 0 Å². The fraction of sp³-hybridized carbons (Fsp3) is 0.444. The van der Waals surface area contributed by atoms with Crippen molar-refractivity contribution >= 4 is 32.6 Å². The third-order valence-corrected chi connectivity index (χ3v) is 4.01. The Hall–Kier alpha value is -0.210. The number of aromatic nitrogens is 1. The van der Waals surface area contributed by atoms with Crippen molar-refractivity contribution in [3.8, 4) is 0 Å². The van der Waals surface area contributed by atoms with Crippen LogP contribution in [-0.2, 0) is 10.0 Å². The van der Waals surface area contributed by atoms with Crippen LogP contribution in [0.25, 0.3) is 0 Å². The van der Waals surface area contributed by atoms with Crippen LogP contribution in [-0.4, -0.2) is 24.4 Å². The molecular weight excluding hydrogens is 327 g/mol. The molecule has 1 aromatic heterocycles. The SMILES string of the molecule is O=S(=O)(NCCCCI)c1cccnc1. The molecule has 1 rings (SSSR count). The summed E-state index contributed by atoms with van der Waals surface area (Å²) in [7, 11) is -3.36. The van der Waals surface area contributed by atoms with Gasteiger partial charge in [-0.3, -0.25) is 4.98 Å². The summed E-state index contributed by atoms with van der Waals surface area (Å²) in [5.41, 5.74) is 0. The number of halogens is 1. The van der Waals surface area contributed by atoms with E-state index >= 15 is 0 Å². The monoisotopic (exact) mass is 340 g/mol. The molecular formula is C9H13IN2O2S. The van der Waals surface area contributed by atoms with E-state index in [1.165, 1.54) is 12.3 Å². The summed E-state index contributed by atoms with van der Waals surface area (Å²) in [6.45, 7) is 0.486. The van der Waals surface area contributed by atoms with Crippen LogP contribution in [0.2, 0.25) is 0 Å². The van der Waals surface area contributed by atoms with Crippen LogP contribution in [0, 0.1) is 0 Å². The Morgan fingerprint density at radius 2 is 2.20 bits per heavy atom. The second kappa shape index (κ2) is 6.39. The molecule has 1 aromatic rings. The van der Waals surface area contributed by atoms with E-state index in [1.807, 2.05) is 0 Å². The van der Waals surface area contributed by atoms with Gasteiger partial charge in [0.05, 0.1) is 0 Å². The van der Waals surface area contributed by atoms with Crippen LogP contribution in [0.3, 0.4) is 0 Å². The number of alkyl halides is 1. The van der Waals surface area contributed by atoms with Gasteiger partial charge in [-0.1, -0.05) is 22.6 Å². The van der Waals surface area contributed by atoms with Gasteiger partial charge in [-0.25, -0.2) is 13.1 Å². The van der Waals surface area contributed by atoms with Gasteiger partial charge >= 0.3 is 0 Å². The first-order chi connectivity index (χ1) is 7.17. The Morgan fingerprint density at radius 3 is 2.80 bits per heavy atom. The zero-order valence-electron chi connectivity index (χ0n) is 8.19. The lowest BCUT2D eigenvalue weighted by Gasteiger charge is -2.05. The summed E-state index contributed by atoms with van der Waals surface area (Å²) in [6, 6.07) is 3.15. The maximum absolute atomic E-state index is 11.6. The Morgan fingerprint density at radius 1 is 1.40 bits per heavy atom. The summed E-state index contributed by atoms with van der Waals surface area (Å²) in [6.07, 6.45) is 4.79. The minimum Gasteiger partial charge on any atom is -0.263 e. The van der Waals surface area contributed by atoms with Gasteiger partial charge in [0.15, 0.2) is 0 Å². The second-order valence-electron chi connectivity index (χ2n) is 2.98. The van der Waals surface area contributed by atoms with Crippen LogP contribution >= 0.6 is 22.6 Å². The molecule has 0 radical (unpaired) electrons. The van der Waals surface area contributed by atoms with E-state index in [4.69, 9.17) is 0 Å². The maximum Gasteiger partial charge on any atom is 0.242 e. The number of pyridine rings is 1. The Labute approximate surface area is 104 Å². The molecule has 0 saturated heterocycles. The van der Waals surface area contributed by atoms with Crippen LogP contribution < -0.4 is 4.72 Å². The zero-order chi connectivity index (χ0) is 11.1. The highest BCUT2D eigenvalue weighted by atomic mass is 127. The van der Waals surface area contributed by atoms with Gasteiger partial charge < -0.3 is 0 Å². The van der Waals surface area contributed by atoms with Crippen LogP contribution in [0.4, 0.5) is 0 Å². The van der Waals surface area contributed by atoms with E-state index in [0.29, 0.717) is 6.54 Å². The molecule has 15 heavy (non-hydrogen) atoms. The normalized spacial score (nSPS) is 11.5. The van der Waals surface area contributed by atoms with Gasteiger partial charge in [-0.15, -0.1) is 0 Å². The van der Waals surface area contributed by atoms with Crippen molar-refractivity contribution in [3.05, 3.63) is 24.5 Å². The Kier molecular flexibility index (Phi) is 5.48. The van der Waals surface area contributed by atoms with Gasteiger partial charge in [0.2, 0.25) is 10.0 Å². The first kappa shape index (κ1) is 12.9. The Balaban J connectivity index is 2.53. The molecule has 0 atom stereocenters. The molecule has 0 aliphatic carbocycles.